The molecule has 1 N–H and O–H groups in total. The highest BCUT2D eigenvalue weighted by Crippen LogP contribution is 2.41. The molecule has 0 heterocycles. The van der Waals surface area contributed by atoms with Crippen LogP contribution in [0.15, 0.2) is 24.3 Å². The van der Waals surface area contributed by atoms with Gasteiger partial charge in [-0.05, 0) is 37.4 Å². The smallest absolute Gasteiger partial charge is 0.0872 e. The predicted molar refractivity (Wildman–Crippen MR) is 85.1 cm³/mol. The number of methoxy groups -OCH3 is 1. The molecule has 1 aliphatic rings. The Morgan fingerprint density at radius 3 is 2.60 bits per heavy atom. The van der Waals surface area contributed by atoms with Crippen molar-refractivity contribution in [1.29, 1.82) is 0 Å². The van der Waals surface area contributed by atoms with E-state index in [1.54, 1.807) is 0 Å². The van der Waals surface area contributed by atoms with Gasteiger partial charge in [-0.3, -0.25) is 0 Å². The Bertz CT molecular complexity index is 410. The maximum absolute atomic E-state index is 6.02. The van der Waals surface area contributed by atoms with Gasteiger partial charge in [0.05, 0.1) is 11.6 Å². The van der Waals surface area contributed by atoms with Crippen molar-refractivity contribution in [3.63, 3.8) is 0 Å². The molecule has 2 rings (SSSR count). The monoisotopic (exact) mass is 275 g/mol. The zero-order valence-electron chi connectivity index (χ0n) is 13.2. The van der Waals surface area contributed by atoms with Gasteiger partial charge in [-0.15, -0.1) is 0 Å². The average Bonchev–Trinajstić information content (AvgIpc) is 2.50. The van der Waals surface area contributed by atoms with Crippen LogP contribution in [0, 0.1) is 0 Å². The Hall–Kier alpha value is -0.860. The van der Waals surface area contributed by atoms with E-state index in [1.807, 2.05) is 7.11 Å². The van der Waals surface area contributed by atoms with E-state index in [1.165, 1.54) is 36.8 Å². The molecule has 0 radical (unpaired) electrons. The molecule has 0 amide bonds. The van der Waals surface area contributed by atoms with Gasteiger partial charge in [0.1, 0.15) is 0 Å². The van der Waals surface area contributed by atoms with Gasteiger partial charge < -0.3 is 10.1 Å². The summed E-state index contributed by atoms with van der Waals surface area (Å²) in [6, 6.07) is 9.33. The fourth-order valence-corrected chi connectivity index (χ4v) is 3.71. The van der Waals surface area contributed by atoms with Crippen molar-refractivity contribution in [3.05, 3.63) is 35.4 Å². The average molecular weight is 275 g/mol. The number of aryl methyl sites for hydroxylation is 1. The summed E-state index contributed by atoms with van der Waals surface area (Å²) in [5, 5.41) is 3.52. The number of likely N-dealkylation sites (N-methyl/N-ethyl adjacent to an activating group) is 1. The molecule has 1 saturated carbocycles. The molecule has 1 atom stereocenters. The molecular weight excluding hydrogens is 246 g/mol. The third-order valence-corrected chi connectivity index (χ3v) is 4.74. The van der Waals surface area contributed by atoms with Gasteiger partial charge in [0.2, 0.25) is 0 Å². The normalized spacial score (nSPS) is 19.8. The highest BCUT2D eigenvalue weighted by molar-refractivity contribution is 5.28. The number of hydrogen-bond donors (Lipinski definition) is 1. The minimum Gasteiger partial charge on any atom is -0.376 e. The molecule has 1 unspecified atom stereocenters. The van der Waals surface area contributed by atoms with Crippen LogP contribution in [-0.4, -0.2) is 19.8 Å². The van der Waals surface area contributed by atoms with Crippen LogP contribution in [0.4, 0.5) is 0 Å². The van der Waals surface area contributed by atoms with Crippen molar-refractivity contribution in [2.45, 2.75) is 63.5 Å². The maximum Gasteiger partial charge on any atom is 0.0872 e. The lowest BCUT2D eigenvalue weighted by molar-refractivity contribution is -0.0671. The first kappa shape index (κ1) is 15.5. The van der Waals surface area contributed by atoms with E-state index in [4.69, 9.17) is 4.74 Å². The standard InChI is InChI=1S/C18H29NO/c1-4-9-15-10-8-11-16(14-15)17(19-2)18(20-3)12-6-5-7-13-18/h8,10-11,14,17,19H,4-7,9,12-13H2,1-3H3. The number of ether oxygens (including phenoxy) is 1. The maximum atomic E-state index is 6.02. The summed E-state index contributed by atoms with van der Waals surface area (Å²) >= 11 is 0. The molecule has 0 saturated heterocycles. The largest absolute Gasteiger partial charge is 0.376 e. The summed E-state index contributed by atoms with van der Waals surface area (Å²) < 4.78 is 6.02. The molecule has 0 spiro atoms. The van der Waals surface area contributed by atoms with Crippen LogP contribution in [0.2, 0.25) is 0 Å². The molecular formula is C18H29NO. The fraction of sp³-hybridized carbons (Fsp3) is 0.667. The van der Waals surface area contributed by atoms with Crippen LogP contribution in [0.5, 0.6) is 0 Å². The second-order valence-electron chi connectivity index (χ2n) is 6.05. The van der Waals surface area contributed by atoms with Gasteiger partial charge >= 0.3 is 0 Å². The van der Waals surface area contributed by atoms with Crippen LogP contribution in [0.1, 0.15) is 62.6 Å². The van der Waals surface area contributed by atoms with Crippen LogP contribution in [0.25, 0.3) is 0 Å². The summed E-state index contributed by atoms with van der Waals surface area (Å²) in [7, 11) is 3.94. The van der Waals surface area contributed by atoms with Crippen molar-refractivity contribution in [2.24, 2.45) is 0 Å². The zero-order valence-corrected chi connectivity index (χ0v) is 13.2. The Labute approximate surface area is 123 Å². The molecule has 0 bridgehead atoms. The van der Waals surface area contributed by atoms with Gasteiger partial charge in [-0.2, -0.15) is 0 Å². The minimum absolute atomic E-state index is 0.0299. The molecule has 0 aliphatic heterocycles. The first-order valence-corrected chi connectivity index (χ1v) is 8.07. The second-order valence-corrected chi connectivity index (χ2v) is 6.05. The lowest BCUT2D eigenvalue weighted by Crippen LogP contribution is -2.46. The van der Waals surface area contributed by atoms with Crippen LogP contribution >= 0.6 is 0 Å². The van der Waals surface area contributed by atoms with E-state index >= 15 is 0 Å². The van der Waals surface area contributed by atoms with Crippen LogP contribution < -0.4 is 5.32 Å². The first-order chi connectivity index (χ1) is 9.75. The highest BCUT2D eigenvalue weighted by atomic mass is 16.5. The van der Waals surface area contributed by atoms with Crippen molar-refractivity contribution in [3.8, 4) is 0 Å². The Kier molecular flexibility index (Phi) is 5.62. The molecule has 1 aromatic rings. The molecule has 1 aromatic carbocycles. The third-order valence-electron chi connectivity index (χ3n) is 4.74. The Morgan fingerprint density at radius 2 is 2.00 bits per heavy atom. The summed E-state index contributed by atoms with van der Waals surface area (Å²) in [4.78, 5) is 0. The number of nitrogens with one attached hydrogen (secondary N) is 1. The highest BCUT2D eigenvalue weighted by Gasteiger charge is 2.40. The molecule has 20 heavy (non-hydrogen) atoms. The van der Waals surface area contributed by atoms with Gasteiger partial charge in [0, 0.05) is 7.11 Å². The van der Waals surface area contributed by atoms with Gasteiger partial charge in [0.15, 0.2) is 0 Å². The van der Waals surface area contributed by atoms with E-state index in [9.17, 15) is 0 Å². The molecule has 2 nitrogen and oxygen atoms in total. The lowest BCUT2D eigenvalue weighted by atomic mass is 9.76. The second kappa shape index (κ2) is 7.24. The van der Waals surface area contributed by atoms with Crippen molar-refractivity contribution < 1.29 is 4.74 Å². The number of rotatable bonds is 6. The first-order valence-electron chi connectivity index (χ1n) is 8.07. The molecule has 2 heteroatoms. The van der Waals surface area contributed by atoms with E-state index in [2.05, 4.69) is 43.6 Å². The predicted octanol–water partition coefficient (Wildman–Crippen LogP) is 4.25. The molecule has 1 aliphatic carbocycles. The van der Waals surface area contributed by atoms with Crippen LogP contribution in [0.3, 0.4) is 0 Å². The molecule has 0 aromatic heterocycles. The topological polar surface area (TPSA) is 21.3 Å². The quantitative estimate of drug-likeness (QED) is 0.838. The van der Waals surface area contributed by atoms with Gasteiger partial charge in [0.25, 0.3) is 0 Å². The number of hydrogen-bond acceptors (Lipinski definition) is 2. The number of benzene rings is 1. The summed E-state index contributed by atoms with van der Waals surface area (Å²) in [6.45, 7) is 2.24. The van der Waals surface area contributed by atoms with E-state index < -0.39 is 0 Å². The van der Waals surface area contributed by atoms with Crippen molar-refractivity contribution in [2.75, 3.05) is 14.2 Å². The van der Waals surface area contributed by atoms with E-state index in [-0.39, 0.29) is 5.60 Å². The summed E-state index contributed by atoms with van der Waals surface area (Å²) in [5.74, 6) is 0. The van der Waals surface area contributed by atoms with Gasteiger partial charge in [-0.25, -0.2) is 0 Å². The fourth-order valence-electron chi connectivity index (χ4n) is 3.71. The van der Waals surface area contributed by atoms with Crippen molar-refractivity contribution in [1.82, 2.24) is 5.32 Å². The van der Waals surface area contributed by atoms with Crippen molar-refractivity contribution >= 4 is 0 Å². The Morgan fingerprint density at radius 1 is 1.25 bits per heavy atom. The van der Waals surface area contributed by atoms with Gasteiger partial charge in [-0.1, -0.05) is 56.9 Å². The molecule has 1 fully saturated rings. The van der Waals surface area contributed by atoms with Crippen LogP contribution in [-0.2, 0) is 11.2 Å². The SMILES string of the molecule is CCCc1cccc(C(NC)C2(OC)CCCCC2)c1. The molecule has 112 valence electrons. The third kappa shape index (κ3) is 3.24. The zero-order chi connectivity index (χ0) is 14.4. The Balaban J connectivity index is 2.27. The van der Waals surface area contributed by atoms with E-state index in [0.29, 0.717) is 6.04 Å². The lowest BCUT2D eigenvalue weighted by Gasteiger charge is -2.42. The summed E-state index contributed by atoms with van der Waals surface area (Å²) in [6.07, 6.45) is 8.58. The minimum atomic E-state index is -0.0299. The summed E-state index contributed by atoms with van der Waals surface area (Å²) in [5.41, 5.74) is 2.78. The van der Waals surface area contributed by atoms with E-state index in [0.717, 1.165) is 19.3 Å².